The second-order valence-electron chi connectivity index (χ2n) is 4.70. The molecule has 4 heteroatoms. The summed E-state index contributed by atoms with van der Waals surface area (Å²) in [5.41, 5.74) is 8.98. The quantitative estimate of drug-likeness (QED) is 0.873. The third-order valence-corrected chi connectivity index (χ3v) is 3.43. The minimum Gasteiger partial charge on any atom is -0.489 e. The molecule has 0 heterocycles. The molecule has 0 fully saturated rings. The van der Waals surface area contributed by atoms with Crippen molar-refractivity contribution in [3.63, 3.8) is 0 Å². The fourth-order valence-electron chi connectivity index (χ4n) is 1.92. The SMILES string of the molecule is Cc1cccc(OCc2cc(F)cc(C(N)=S)c2)c1C. The minimum atomic E-state index is -0.366. The van der Waals surface area contributed by atoms with Crippen molar-refractivity contribution >= 4 is 17.2 Å². The van der Waals surface area contributed by atoms with Crippen molar-refractivity contribution in [2.24, 2.45) is 5.73 Å². The van der Waals surface area contributed by atoms with Crippen LogP contribution in [0.2, 0.25) is 0 Å². The summed E-state index contributed by atoms with van der Waals surface area (Å²) in [7, 11) is 0. The van der Waals surface area contributed by atoms with Gasteiger partial charge in [0.25, 0.3) is 0 Å². The van der Waals surface area contributed by atoms with Crippen LogP contribution >= 0.6 is 12.2 Å². The van der Waals surface area contributed by atoms with E-state index in [1.807, 2.05) is 32.0 Å². The molecule has 0 saturated heterocycles. The summed E-state index contributed by atoms with van der Waals surface area (Å²) in [4.78, 5) is 0.178. The van der Waals surface area contributed by atoms with Gasteiger partial charge in [-0.2, -0.15) is 0 Å². The molecule has 0 aromatic heterocycles. The standard InChI is InChI=1S/C16H16FNOS/c1-10-4-3-5-15(11(10)2)19-9-12-6-13(16(18)20)8-14(17)7-12/h3-8H,9H2,1-2H3,(H2,18,20). The topological polar surface area (TPSA) is 35.2 Å². The molecule has 0 aliphatic heterocycles. The molecule has 0 unspecified atom stereocenters. The summed E-state index contributed by atoms with van der Waals surface area (Å²) >= 11 is 4.87. The fourth-order valence-corrected chi connectivity index (χ4v) is 2.04. The number of aryl methyl sites for hydroxylation is 1. The van der Waals surface area contributed by atoms with Gasteiger partial charge in [0, 0.05) is 5.56 Å². The lowest BCUT2D eigenvalue weighted by molar-refractivity contribution is 0.303. The Morgan fingerprint density at radius 2 is 2.00 bits per heavy atom. The highest BCUT2D eigenvalue weighted by molar-refractivity contribution is 7.80. The van der Waals surface area contributed by atoms with E-state index < -0.39 is 0 Å². The van der Waals surface area contributed by atoms with Gasteiger partial charge in [-0.3, -0.25) is 0 Å². The molecule has 20 heavy (non-hydrogen) atoms. The van der Waals surface area contributed by atoms with E-state index >= 15 is 0 Å². The first-order valence-corrected chi connectivity index (χ1v) is 6.66. The number of hydrogen-bond acceptors (Lipinski definition) is 2. The second-order valence-corrected chi connectivity index (χ2v) is 5.14. The van der Waals surface area contributed by atoms with Crippen molar-refractivity contribution in [3.05, 3.63) is 64.5 Å². The van der Waals surface area contributed by atoms with Crippen LogP contribution in [0.25, 0.3) is 0 Å². The number of nitrogens with two attached hydrogens (primary N) is 1. The highest BCUT2D eigenvalue weighted by Crippen LogP contribution is 2.22. The van der Waals surface area contributed by atoms with Gasteiger partial charge in [-0.25, -0.2) is 4.39 Å². The van der Waals surface area contributed by atoms with Gasteiger partial charge in [0.2, 0.25) is 0 Å². The average molecular weight is 289 g/mol. The molecule has 0 amide bonds. The highest BCUT2D eigenvalue weighted by atomic mass is 32.1. The first-order chi connectivity index (χ1) is 9.47. The van der Waals surface area contributed by atoms with Gasteiger partial charge < -0.3 is 10.5 Å². The molecule has 2 rings (SSSR count). The van der Waals surface area contributed by atoms with Crippen LogP contribution in [0.5, 0.6) is 5.75 Å². The van der Waals surface area contributed by atoms with E-state index in [1.54, 1.807) is 6.07 Å². The van der Waals surface area contributed by atoms with E-state index in [2.05, 4.69) is 0 Å². The Labute approximate surface area is 123 Å². The summed E-state index contributed by atoms with van der Waals surface area (Å²) in [5.74, 6) is 0.431. The van der Waals surface area contributed by atoms with Gasteiger partial charge in [-0.15, -0.1) is 0 Å². The number of rotatable bonds is 4. The van der Waals surface area contributed by atoms with E-state index in [1.165, 1.54) is 12.1 Å². The summed E-state index contributed by atoms with van der Waals surface area (Å²) in [6.45, 7) is 4.30. The Morgan fingerprint density at radius 1 is 1.25 bits per heavy atom. The number of halogens is 1. The van der Waals surface area contributed by atoms with Crippen molar-refractivity contribution in [3.8, 4) is 5.75 Å². The monoisotopic (exact) mass is 289 g/mol. The summed E-state index contributed by atoms with van der Waals surface area (Å²) in [6.07, 6.45) is 0. The van der Waals surface area contributed by atoms with Gasteiger partial charge >= 0.3 is 0 Å². The van der Waals surface area contributed by atoms with E-state index in [0.29, 0.717) is 11.1 Å². The molecular weight excluding hydrogens is 273 g/mol. The zero-order chi connectivity index (χ0) is 14.7. The molecule has 0 spiro atoms. The number of ether oxygens (including phenoxy) is 1. The summed E-state index contributed by atoms with van der Waals surface area (Å²) in [5, 5.41) is 0. The molecule has 0 aliphatic carbocycles. The minimum absolute atomic E-state index is 0.178. The van der Waals surface area contributed by atoms with Crippen molar-refractivity contribution in [1.82, 2.24) is 0 Å². The van der Waals surface area contributed by atoms with Gasteiger partial charge in [0.15, 0.2) is 0 Å². The van der Waals surface area contributed by atoms with E-state index in [0.717, 1.165) is 16.9 Å². The lowest BCUT2D eigenvalue weighted by Gasteiger charge is -2.11. The summed E-state index contributed by atoms with van der Waals surface area (Å²) < 4.78 is 19.2. The Balaban J connectivity index is 2.19. The smallest absolute Gasteiger partial charge is 0.124 e. The Morgan fingerprint density at radius 3 is 2.70 bits per heavy atom. The maximum atomic E-state index is 13.5. The van der Waals surface area contributed by atoms with Crippen LogP contribution in [-0.4, -0.2) is 4.99 Å². The van der Waals surface area contributed by atoms with Crippen LogP contribution in [0.1, 0.15) is 22.3 Å². The van der Waals surface area contributed by atoms with Crippen molar-refractivity contribution < 1.29 is 9.13 Å². The Kier molecular flexibility index (Phi) is 4.35. The normalized spacial score (nSPS) is 10.3. The number of benzene rings is 2. The van der Waals surface area contributed by atoms with Crippen LogP contribution in [0.3, 0.4) is 0 Å². The molecule has 0 aliphatic rings. The Bertz CT molecular complexity index is 655. The van der Waals surface area contributed by atoms with Crippen molar-refractivity contribution in [2.75, 3.05) is 0 Å². The predicted molar refractivity (Wildman–Crippen MR) is 82.5 cm³/mol. The molecule has 0 saturated carbocycles. The maximum absolute atomic E-state index is 13.5. The van der Waals surface area contributed by atoms with Crippen LogP contribution in [0, 0.1) is 19.7 Å². The molecular formula is C16H16FNOS. The average Bonchev–Trinajstić information content (AvgIpc) is 2.40. The molecule has 2 N–H and O–H groups in total. The first-order valence-electron chi connectivity index (χ1n) is 6.25. The molecule has 0 bridgehead atoms. The molecule has 0 radical (unpaired) electrons. The first kappa shape index (κ1) is 14.5. The number of thiocarbonyl (C=S) groups is 1. The molecule has 2 aromatic rings. The van der Waals surface area contributed by atoms with Gasteiger partial charge in [-0.05, 0) is 54.8 Å². The highest BCUT2D eigenvalue weighted by Gasteiger charge is 2.06. The van der Waals surface area contributed by atoms with Crippen LogP contribution < -0.4 is 10.5 Å². The molecule has 0 atom stereocenters. The van der Waals surface area contributed by atoms with Gasteiger partial charge in [-0.1, -0.05) is 24.4 Å². The van der Waals surface area contributed by atoms with Crippen LogP contribution in [0.4, 0.5) is 4.39 Å². The molecule has 2 aromatic carbocycles. The number of hydrogen-bond donors (Lipinski definition) is 1. The van der Waals surface area contributed by atoms with Gasteiger partial charge in [0.1, 0.15) is 23.2 Å². The van der Waals surface area contributed by atoms with Gasteiger partial charge in [0.05, 0.1) is 0 Å². The molecule has 104 valence electrons. The second kappa shape index (κ2) is 6.01. The van der Waals surface area contributed by atoms with Crippen LogP contribution in [0.15, 0.2) is 36.4 Å². The zero-order valence-corrected chi connectivity index (χ0v) is 12.3. The van der Waals surface area contributed by atoms with E-state index in [9.17, 15) is 4.39 Å². The third kappa shape index (κ3) is 3.33. The zero-order valence-electron chi connectivity index (χ0n) is 11.4. The van der Waals surface area contributed by atoms with E-state index in [4.69, 9.17) is 22.7 Å². The summed E-state index contributed by atoms with van der Waals surface area (Å²) in [6, 6.07) is 10.3. The van der Waals surface area contributed by atoms with Crippen LogP contribution in [-0.2, 0) is 6.61 Å². The van der Waals surface area contributed by atoms with Crippen molar-refractivity contribution in [1.29, 1.82) is 0 Å². The lowest BCUT2D eigenvalue weighted by atomic mass is 10.1. The Hall–Kier alpha value is -1.94. The lowest BCUT2D eigenvalue weighted by Crippen LogP contribution is -2.10. The maximum Gasteiger partial charge on any atom is 0.124 e. The fraction of sp³-hybridized carbons (Fsp3) is 0.188. The van der Waals surface area contributed by atoms with E-state index in [-0.39, 0.29) is 17.4 Å². The third-order valence-electron chi connectivity index (χ3n) is 3.19. The molecule has 2 nitrogen and oxygen atoms in total. The van der Waals surface area contributed by atoms with Crippen molar-refractivity contribution in [2.45, 2.75) is 20.5 Å². The predicted octanol–water partition coefficient (Wildman–Crippen LogP) is 3.66. The largest absolute Gasteiger partial charge is 0.489 e.